The molecule has 1 aromatic rings. The molecule has 2 N–H and O–H groups in total. The molecule has 5 heteroatoms. The van der Waals surface area contributed by atoms with Crippen LogP contribution in [0.2, 0.25) is 0 Å². The molecule has 1 amide bonds. The Morgan fingerprint density at radius 2 is 1.84 bits per heavy atom. The van der Waals surface area contributed by atoms with E-state index in [1.165, 1.54) is 0 Å². The van der Waals surface area contributed by atoms with Gasteiger partial charge in [0.05, 0.1) is 6.04 Å². The van der Waals surface area contributed by atoms with Crippen LogP contribution in [-0.4, -0.2) is 31.0 Å². The predicted octanol–water partition coefficient (Wildman–Crippen LogP) is 2.77. The zero-order valence-corrected chi connectivity index (χ0v) is 13.6. The number of hydrogen-bond donors (Lipinski definition) is 1. The molecule has 0 bridgehead atoms. The minimum absolute atomic E-state index is 0. The van der Waals surface area contributed by atoms with Crippen molar-refractivity contribution in [3.63, 3.8) is 0 Å². The molecule has 1 rings (SSSR count). The first kappa shape index (κ1) is 18.3. The highest BCUT2D eigenvalue weighted by Crippen LogP contribution is 2.18. The van der Waals surface area contributed by atoms with Gasteiger partial charge in [0.15, 0.2) is 0 Å². The fourth-order valence-electron chi connectivity index (χ4n) is 1.89. The van der Waals surface area contributed by atoms with Crippen LogP contribution in [-0.2, 0) is 4.79 Å². The first-order valence-corrected chi connectivity index (χ1v) is 7.45. The van der Waals surface area contributed by atoms with Gasteiger partial charge in [-0.3, -0.25) is 4.79 Å². The van der Waals surface area contributed by atoms with Crippen molar-refractivity contribution < 1.29 is 4.79 Å². The second-order valence-corrected chi connectivity index (χ2v) is 5.62. The lowest BCUT2D eigenvalue weighted by atomic mass is 10.1. The Hall–Kier alpha value is -0.710. The fourth-order valence-corrected chi connectivity index (χ4v) is 2.38. The lowest BCUT2D eigenvalue weighted by Gasteiger charge is -2.22. The van der Waals surface area contributed by atoms with Crippen molar-refractivity contribution in [3.05, 3.63) is 29.3 Å². The van der Waals surface area contributed by atoms with E-state index in [4.69, 9.17) is 5.73 Å². The number of carbonyl (C=O) groups excluding carboxylic acids is 1. The molecule has 0 aliphatic carbocycles. The minimum atomic E-state index is -0.414. The van der Waals surface area contributed by atoms with Crippen LogP contribution < -0.4 is 10.6 Å². The molecule has 0 saturated heterocycles. The number of aryl methyl sites for hydroxylation is 2. The summed E-state index contributed by atoms with van der Waals surface area (Å²) in [6, 6.07) is 5.69. The number of carbonyl (C=O) groups is 1. The van der Waals surface area contributed by atoms with Gasteiger partial charge in [-0.1, -0.05) is 6.07 Å². The normalized spacial score (nSPS) is 11.6. The SMILES string of the molecule is CSCC[C@H](N)C(=O)N(C)c1cc(C)cc(C)c1.Cl. The molecule has 19 heavy (non-hydrogen) atoms. The molecule has 0 saturated carbocycles. The molecule has 0 radical (unpaired) electrons. The Balaban J connectivity index is 0.00000324. The first-order chi connectivity index (χ1) is 8.45. The highest BCUT2D eigenvalue weighted by atomic mass is 35.5. The minimum Gasteiger partial charge on any atom is -0.320 e. The molecule has 0 aromatic heterocycles. The molecule has 3 nitrogen and oxygen atoms in total. The molecule has 0 fully saturated rings. The van der Waals surface area contributed by atoms with Gasteiger partial charge in [0, 0.05) is 12.7 Å². The summed E-state index contributed by atoms with van der Waals surface area (Å²) in [6.45, 7) is 4.06. The van der Waals surface area contributed by atoms with Gasteiger partial charge in [-0.15, -0.1) is 12.4 Å². The van der Waals surface area contributed by atoms with E-state index in [0.29, 0.717) is 0 Å². The summed E-state index contributed by atoms with van der Waals surface area (Å²) in [6.07, 6.45) is 2.74. The number of benzene rings is 1. The number of rotatable bonds is 5. The fraction of sp³-hybridized carbons (Fsp3) is 0.500. The number of nitrogens with two attached hydrogens (primary N) is 1. The molecule has 0 aliphatic heterocycles. The smallest absolute Gasteiger partial charge is 0.243 e. The predicted molar refractivity (Wildman–Crippen MR) is 87.5 cm³/mol. The monoisotopic (exact) mass is 302 g/mol. The number of thioether (sulfide) groups is 1. The Morgan fingerprint density at radius 1 is 1.32 bits per heavy atom. The van der Waals surface area contributed by atoms with E-state index in [9.17, 15) is 4.79 Å². The molecule has 0 spiro atoms. The van der Waals surface area contributed by atoms with E-state index in [1.807, 2.05) is 32.2 Å². The molecule has 0 aliphatic rings. The van der Waals surface area contributed by atoms with Gasteiger partial charge in [0.2, 0.25) is 5.91 Å². The zero-order valence-electron chi connectivity index (χ0n) is 12.0. The zero-order chi connectivity index (χ0) is 13.7. The number of hydrogen-bond acceptors (Lipinski definition) is 3. The van der Waals surface area contributed by atoms with Crippen molar-refractivity contribution in [1.82, 2.24) is 0 Å². The summed E-state index contributed by atoms with van der Waals surface area (Å²) in [4.78, 5) is 13.8. The van der Waals surface area contributed by atoms with Crippen LogP contribution in [0.1, 0.15) is 17.5 Å². The van der Waals surface area contributed by atoms with Gasteiger partial charge in [-0.25, -0.2) is 0 Å². The number of nitrogens with zero attached hydrogens (tertiary/aromatic N) is 1. The first-order valence-electron chi connectivity index (χ1n) is 6.06. The highest BCUT2D eigenvalue weighted by Gasteiger charge is 2.18. The summed E-state index contributed by atoms with van der Waals surface area (Å²) in [5.41, 5.74) is 9.14. The molecule has 1 atom stereocenters. The third kappa shape index (κ3) is 5.43. The molecule has 0 unspecified atom stereocenters. The second kappa shape index (κ2) is 8.46. The summed E-state index contributed by atoms with van der Waals surface area (Å²) in [5.74, 6) is 0.891. The van der Waals surface area contributed by atoms with Gasteiger partial charge < -0.3 is 10.6 Å². The number of halogens is 1. The van der Waals surface area contributed by atoms with Gasteiger partial charge in [-0.05, 0) is 55.5 Å². The number of anilines is 1. The summed E-state index contributed by atoms with van der Waals surface area (Å²) >= 11 is 1.71. The van der Waals surface area contributed by atoms with Crippen LogP contribution in [0, 0.1) is 13.8 Å². The number of likely N-dealkylation sites (N-methyl/N-ethyl adjacent to an activating group) is 1. The second-order valence-electron chi connectivity index (χ2n) is 4.63. The molecular weight excluding hydrogens is 280 g/mol. The van der Waals surface area contributed by atoms with E-state index in [2.05, 4.69) is 6.07 Å². The lowest BCUT2D eigenvalue weighted by molar-refractivity contribution is -0.119. The van der Waals surface area contributed by atoms with E-state index >= 15 is 0 Å². The van der Waals surface area contributed by atoms with Gasteiger partial charge in [-0.2, -0.15) is 11.8 Å². The van der Waals surface area contributed by atoms with Crippen molar-refractivity contribution in [1.29, 1.82) is 0 Å². The Labute approximate surface area is 126 Å². The molecule has 0 heterocycles. The third-order valence-corrected chi connectivity index (χ3v) is 3.52. The van der Waals surface area contributed by atoms with Crippen LogP contribution in [0.25, 0.3) is 0 Å². The quantitative estimate of drug-likeness (QED) is 0.910. The Kier molecular flexibility index (Phi) is 8.14. The molecule has 108 valence electrons. The molecular formula is C14H23ClN2OS. The third-order valence-electron chi connectivity index (χ3n) is 2.87. The van der Waals surface area contributed by atoms with Crippen LogP contribution in [0.15, 0.2) is 18.2 Å². The van der Waals surface area contributed by atoms with Gasteiger partial charge >= 0.3 is 0 Å². The van der Waals surface area contributed by atoms with Crippen LogP contribution in [0.4, 0.5) is 5.69 Å². The average Bonchev–Trinajstić information content (AvgIpc) is 2.32. The van der Waals surface area contributed by atoms with Crippen LogP contribution in [0.5, 0.6) is 0 Å². The maximum absolute atomic E-state index is 12.2. The average molecular weight is 303 g/mol. The Bertz CT molecular complexity index is 406. The van der Waals surface area contributed by atoms with Gasteiger partial charge in [0.1, 0.15) is 0 Å². The van der Waals surface area contributed by atoms with E-state index in [-0.39, 0.29) is 18.3 Å². The van der Waals surface area contributed by atoms with Crippen LogP contribution in [0.3, 0.4) is 0 Å². The van der Waals surface area contributed by atoms with E-state index < -0.39 is 6.04 Å². The van der Waals surface area contributed by atoms with Crippen molar-refractivity contribution in [3.8, 4) is 0 Å². The number of amides is 1. The standard InChI is InChI=1S/C14H22N2OS.ClH/c1-10-7-11(2)9-12(8-10)16(3)14(17)13(15)5-6-18-4;/h7-9,13H,5-6,15H2,1-4H3;1H/t13-;/m0./s1. The van der Waals surface area contributed by atoms with Crippen LogP contribution >= 0.6 is 24.2 Å². The topological polar surface area (TPSA) is 46.3 Å². The largest absolute Gasteiger partial charge is 0.320 e. The molecule has 1 aromatic carbocycles. The van der Waals surface area contributed by atoms with Crippen molar-refractivity contribution in [2.45, 2.75) is 26.3 Å². The Morgan fingerprint density at radius 3 is 2.32 bits per heavy atom. The van der Waals surface area contributed by atoms with Crippen molar-refractivity contribution in [2.24, 2.45) is 5.73 Å². The van der Waals surface area contributed by atoms with E-state index in [0.717, 1.165) is 29.0 Å². The van der Waals surface area contributed by atoms with E-state index in [1.54, 1.807) is 23.7 Å². The maximum atomic E-state index is 12.2. The highest BCUT2D eigenvalue weighted by molar-refractivity contribution is 7.98. The van der Waals surface area contributed by atoms with Crippen molar-refractivity contribution >= 4 is 35.8 Å². The summed E-state index contributed by atoms with van der Waals surface area (Å²) in [5, 5.41) is 0. The van der Waals surface area contributed by atoms with Crippen molar-refractivity contribution in [2.75, 3.05) is 24.0 Å². The van der Waals surface area contributed by atoms with Gasteiger partial charge in [0.25, 0.3) is 0 Å². The summed E-state index contributed by atoms with van der Waals surface area (Å²) < 4.78 is 0. The lowest BCUT2D eigenvalue weighted by Crippen LogP contribution is -2.42. The maximum Gasteiger partial charge on any atom is 0.243 e. The summed E-state index contributed by atoms with van der Waals surface area (Å²) in [7, 11) is 1.79.